The summed E-state index contributed by atoms with van der Waals surface area (Å²) in [6.07, 6.45) is 16.4. The summed E-state index contributed by atoms with van der Waals surface area (Å²) in [5.74, 6) is -0.609. The quantitative estimate of drug-likeness (QED) is 0.137. The fraction of sp³-hybridized carbons (Fsp3) is 0. The number of para-hydroxylation sites is 2. The monoisotopic (exact) mass is 780 g/mol. The molecule has 0 saturated carbocycles. The molecule has 0 aliphatic rings. The fourth-order valence-corrected chi connectivity index (χ4v) is 7.01. The zero-order chi connectivity index (χ0) is 40.7. The van der Waals surface area contributed by atoms with E-state index in [0.29, 0.717) is 22.5 Å². The molecule has 0 radical (unpaired) electrons. The Morgan fingerprint density at radius 1 is 0.300 bits per heavy atom. The highest BCUT2D eigenvalue weighted by atomic mass is 16.2. The van der Waals surface area contributed by atoms with E-state index in [9.17, 15) is 9.59 Å². The first-order valence-corrected chi connectivity index (χ1v) is 19.6. The second-order valence-electron chi connectivity index (χ2n) is 14.2. The molecule has 9 rings (SSSR count). The molecule has 9 aromatic rings. The van der Waals surface area contributed by atoms with Gasteiger partial charge in [0.15, 0.2) is 49.6 Å². The van der Waals surface area contributed by atoms with Gasteiger partial charge in [-0.2, -0.15) is 18.3 Å². The SMILES string of the molecule is O=C(Nc1ccc(-[n+]2ccc(-c3cc[n+](-c4ccccc4)cc3)cc2)cc1)c1cccc(C(=O)Nc2ccc(-[n+]3ccc(-c4cc[n+](-c5ccccc5)cc4)cc3)cc2)c1. The lowest BCUT2D eigenvalue weighted by atomic mass is 10.1. The molecule has 0 fully saturated rings. The zero-order valence-corrected chi connectivity index (χ0v) is 32.5. The van der Waals surface area contributed by atoms with Crippen LogP contribution in [0.5, 0.6) is 0 Å². The van der Waals surface area contributed by atoms with Crippen LogP contribution >= 0.6 is 0 Å². The Kier molecular flexibility index (Phi) is 10.6. The normalized spacial score (nSPS) is 10.8. The van der Waals surface area contributed by atoms with E-state index in [4.69, 9.17) is 0 Å². The number of anilines is 2. The van der Waals surface area contributed by atoms with Gasteiger partial charge in [-0.1, -0.05) is 42.5 Å². The number of carbonyl (C=O) groups excluding carboxylic acids is 2. The predicted octanol–water partition coefficient (Wildman–Crippen LogP) is 8.63. The third kappa shape index (κ3) is 8.49. The first-order valence-electron chi connectivity index (χ1n) is 19.6. The van der Waals surface area contributed by atoms with E-state index in [1.165, 1.54) is 0 Å². The smallest absolute Gasteiger partial charge is 0.255 e. The van der Waals surface area contributed by atoms with Gasteiger partial charge in [-0.3, -0.25) is 9.59 Å². The maximum atomic E-state index is 13.3. The van der Waals surface area contributed by atoms with Crippen molar-refractivity contribution in [2.24, 2.45) is 0 Å². The highest BCUT2D eigenvalue weighted by Crippen LogP contribution is 2.20. The van der Waals surface area contributed by atoms with E-state index >= 15 is 0 Å². The number of amides is 2. The van der Waals surface area contributed by atoms with Crippen LogP contribution in [0, 0.1) is 0 Å². The third-order valence-electron chi connectivity index (χ3n) is 10.3. The van der Waals surface area contributed by atoms with Gasteiger partial charge in [0, 0.05) is 120 Å². The first kappa shape index (κ1) is 37.2. The number of rotatable bonds is 10. The van der Waals surface area contributed by atoms with E-state index < -0.39 is 0 Å². The van der Waals surface area contributed by atoms with Crippen molar-refractivity contribution >= 4 is 23.2 Å². The van der Waals surface area contributed by atoms with Gasteiger partial charge in [0.1, 0.15) is 0 Å². The maximum absolute atomic E-state index is 13.3. The average molecular weight is 781 g/mol. The van der Waals surface area contributed by atoms with Crippen LogP contribution in [-0.4, -0.2) is 11.8 Å². The summed E-state index contributed by atoms with van der Waals surface area (Å²) in [6.45, 7) is 0. The van der Waals surface area contributed by atoms with Gasteiger partial charge in [-0.05, 0) is 64.7 Å². The van der Waals surface area contributed by atoms with Gasteiger partial charge in [0.2, 0.25) is 22.7 Å². The Morgan fingerprint density at radius 3 is 0.883 bits per heavy atom. The molecule has 4 heterocycles. The standard InChI is InChI=1S/C52H38N6O2/c59-51(53-45-14-18-49(19-15-45)57-34-26-41(27-35-57)39-22-30-55(31-23-39)47-10-3-1-4-11-47)43-8-7-9-44(38-43)52(60)54-46-16-20-50(21-17-46)58-36-28-42(29-37-58)40-24-32-56(33-25-40)48-12-5-2-6-13-48/h1-38H/q+2/p+2. The number of benzene rings is 5. The van der Waals surface area contributed by atoms with E-state index in [1.807, 2.05) is 119 Å². The largest absolute Gasteiger partial charge is 0.322 e. The second kappa shape index (κ2) is 17.0. The molecule has 0 bridgehead atoms. The summed E-state index contributed by atoms with van der Waals surface area (Å²) in [5.41, 5.74) is 10.7. The number of hydrogen-bond acceptors (Lipinski definition) is 2. The van der Waals surface area contributed by atoms with Gasteiger partial charge in [-0.15, -0.1) is 0 Å². The van der Waals surface area contributed by atoms with Crippen molar-refractivity contribution in [2.75, 3.05) is 10.6 Å². The van der Waals surface area contributed by atoms with Crippen LogP contribution < -0.4 is 28.9 Å². The van der Waals surface area contributed by atoms with Crippen molar-refractivity contribution in [3.05, 3.63) is 243 Å². The van der Waals surface area contributed by atoms with E-state index in [2.05, 4.69) is 117 Å². The minimum atomic E-state index is -0.304. The number of hydrogen-bond donors (Lipinski definition) is 2. The number of pyridine rings is 4. The highest BCUT2D eigenvalue weighted by Gasteiger charge is 2.15. The Labute approximate surface area is 348 Å². The van der Waals surface area contributed by atoms with Crippen molar-refractivity contribution in [3.63, 3.8) is 0 Å². The van der Waals surface area contributed by atoms with Crippen LogP contribution in [0.2, 0.25) is 0 Å². The predicted molar refractivity (Wildman–Crippen MR) is 232 cm³/mol. The van der Waals surface area contributed by atoms with Crippen molar-refractivity contribution in [1.29, 1.82) is 0 Å². The summed E-state index contributed by atoms with van der Waals surface area (Å²) in [5, 5.41) is 5.91. The van der Waals surface area contributed by atoms with Crippen LogP contribution in [0.25, 0.3) is 45.0 Å². The third-order valence-corrected chi connectivity index (χ3v) is 10.3. The van der Waals surface area contributed by atoms with E-state index in [0.717, 1.165) is 45.0 Å². The van der Waals surface area contributed by atoms with Gasteiger partial charge < -0.3 is 10.6 Å². The second-order valence-corrected chi connectivity index (χ2v) is 14.2. The zero-order valence-electron chi connectivity index (χ0n) is 32.5. The Bertz CT molecular complexity index is 2690. The van der Waals surface area contributed by atoms with Crippen LogP contribution in [0.1, 0.15) is 20.7 Å². The fourth-order valence-electron chi connectivity index (χ4n) is 7.01. The molecule has 0 saturated heterocycles. The minimum Gasteiger partial charge on any atom is -0.322 e. The molecule has 0 spiro atoms. The Morgan fingerprint density at radius 2 is 0.583 bits per heavy atom. The molecule has 4 aromatic heterocycles. The molecule has 0 atom stereocenters. The Balaban J connectivity index is 0.787. The van der Waals surface area contributed by atoms with Crippen LogP contribution in [0.15, 0.2) is 232 Å². The topological polar surface area (TPSA) is 73.7 Å². The van der Waals surface area contributed by atoms with Crippen LogP contribution in [0.4, 0.5) is 11.4 Å². The molecule has 5 aromatic carbocycles. The molecule has 0 aliphatic heterocycles. The number of nitrogens with one attached hydrogen (secondary N) is 2. The van der Waals surface area contributed by atoms with Gasteiger partial charge >= 0.3 is 0 Å². The van der Waals surface area contributed by atoms with Crippen molar-refractivity contribution in [3.8, 4) is 45.0 Å². The first-order chi connectivity index (χ1) is 29.5. The molecular formula is C52H40N6O2+4. The lowest BCUT2D eigenvalue weighted by Gasteiger charge is -2.09. The highest BCUT2D eigenvalue weighted by molar-refractivity contribution is 6.08. The average Bonchev–Trinajstić information content (AvgIpc) is 3.33. The van der Waals surface area contributed by atoms with Crippen LogP contribution in [0.3, 0.4) is 0 Å². The van der Waals surface area contributed by atoms with E-state index in [-0.39, 0.29) is 11.8 Å². The summed E-state index contributed by atoms with van der Waals surface area (Å²) in [6, 6.07) is 59.2. The minimum absolute atomic E-state index is 0.304. The lowest BCUT2D eigenvalue weighted by molar-refractivity contribution is -0.596. The molecular weight excluding hydrogens is 741 g/mol. The lowest BCUT2D eigenvalue weighted by Crippen LogP contribution is -2.29. The van der Waals surface area contributed by atoms with Gasteiger partial charge in [0.05, 0.1) is 0 Å². The van der Waals surface area contributed by atoms with Crippen molar-refractivity contribution in [1.82, 2.24) is 0 Å². The summed E-state index contributed by atoms with van der Waals surface area (Å²) in [7, 11) is 0. The van der Waals surface area contributed by atoms with Gasteiger partial charge in [0.25, 0.3) is 11.8 Å². The molecule has 8 nitrogen and oxygen atoms in total. The van der Waals surface area contributed by atoms with Crippen LogP contribution in [-0.2, 0) is 0 Å². The van der Waals surface area contributed by atoms with Crippen molar-refractivity contribution in [2.45, 2.75) is 0 Å². The summed E-state index contributed by atoms with van der Waals surface area (Å²) >= 11 is 0. The molecule has 0 unspecified atom stereocenters. The molecule has 60 heavy (non-hydrogen) atoms. The summed E-state index contributed by atoms with van der Waals surface area (Å²) in [4.78, 5) is 26.5. The van der Waals surface area contributed by atoms with Crippen molar-refractivity contribution < 1.29 is 27.9 Å². The van der Waals surface area contributed by atoms with Gasteiger partial charge in [-0.25, -0.2) is 0 Å². The van der Waals surface area contributed by atoms with E-state index in [1.54, 1.807) is 24.3 Å². The molecule has 2 N–H and O–H groups in total. The molecule has 286 valence electrons. The molecule has 2 amide bonds. The maximum Gasteiger partial charge on any atom is 0.255 e. The number of aromatic nitrogens is 4. The molecule has 0 aliphatic carbocycles. The summed E-state index contributed by atoms with van der Waals surface area (Å²) < 4.78 is 8.24. The molecule has 8 heteroatoms. The number of nitrogens with zero attached hydrogens (tertiary/aromatic N) is 4. The Hall–Kier alpha value is -8.36. The number of carbonyl (C=O) groups is 2.